The van der Waals surface area contributed by atoms with Crippen LogP contribution in [-0.4, -0.2) is 31.3 Å². The lowest BCUT2D eigenvalue weighted by Gasteiger charge is -2.27. The van der Waals surface area contributed by atoms with Gasteiger partial charge in [0, 0.05) is 13.0 Å². The van der Waals surface area contributed by atoms with Crippen molar-refractivity contribution in [2.24, 2.45) is 5.92 Å². The van der Waals surface area contributed by atoms with Crippen molar-refractivity contribution < 1.29 is 4.79 Å². The van der Waals surface area contributed by atoms with Crippen molar-refractivity contribution >= 4 is 6.29 Å². The van der Waals surface area contributed by atoms with Crippen molar-refractivity contribution in [1.82, 2.24) is 4.90 Å². The fourth-order valence-corrected chi connectivity index (χ4v) is 1.69. The topological polar surface area (TPSA) is 20.3 Å². The van der Waals surface area contributed by atoms with Crippen LogP contribution < -0.4 is 0 Å². The molecule has 0 spiro atoms. The second kappa shape index (κ2) is 5.09. The Morgan fingerprint density at radius 1 is 1.58 bits per heavy atom. The van der Waals surface area contributed by atoms with E-state index in [0.717, 1.165) is 12.8 Å². The number of hydrogen-bond acceptors (Lipinski definition) is 2. The van der Waals surface area contributed by atoms with Crippen molar-refractivity contribution in [2.75, 3.05) is 20.1 Å². The molecule has 0 N–H and O–H groups in total. The SMILES string of the molecule is CN1CCCC(/C=C\CC=O)C1. The van der Waals surface area contributed by atoms with Crippen LogP contribution >= 0.6 is 0 Å². The van der Waals surface area contributed by atoms with E-state index >= 15 is 0 Å². The molecule has 0 aromatic heterocycles. The summed E-state index contributed by atoms with van der Waals surface area (Å²) in [6.07, 6.45) is 8.25. The standard InChI is InChI=1S/C10H17NO/c1-11-7-4-6-10(9-11)5-2-3-8-12/h2,5,8,10H,3-4,6-7,9H2,1H3/b5-2-. The molecule has 0 bridgehead atoms. The highest BCUT2D eigenvalue weighted by molar-refractivity contribution is 5.51. The Morgan fingerprint density at radius 2 is 2.42 bits per heavy atom. The molecule has 0 aromatic carbocycles. The third-order valence-corrected chi connectivity index (χ3v) is 2.30. The van der Waals surface area contributed by atoms with Crippen molar-refractivity contribution in [1.29, 1.82) is 0 Å². The molecule has 1 aliphatic heterocycles. The van der Waals surface area contributed by atoms with Gasteiger partial charge in [0.05, 0.1) is 0 Å². The molecule has 0 radical (unpaired) electrons. The number of piperidine rings is 1. The van der Waals surface area contributed by atoms with E-state index in [9.17, 15) is 4.79 Å². The molecule has 68 valence electrons. The van der Waals surface area contributed by atoms with Crippen molar-refractivity contribution in [3.8, 4) is 0 Å². The molecule has 0 aliphatic carbocycles. The largest absolute Gasteiger partial charge is 0.306 e. The van der Waals surface area contributed by atoms with Gasteiger partial charge in [0.2, 0.25) is 0 Å². The maximum atomic E-state index is 10.0. The number of rotatable bonds is 3. The summed E-state index contributed by atoms with van der Waals surface area (Å²) in [5.41, 5.74) is 0. The van der Waals surface area contributed by atoms with Crippen LogP contribution in [0, 0.1) is 5.92 Å². The first-order valence-corrected chi connectivity index (χ1v) is 4.62. The number of aldehydes is 1. The molecule has 2 heteroatoms. The molecule has 1 saturated heterocycles. The number of allylic oxidation sites excluding steroid dienone is 1. The molecule has 1 fully saturated rings. The number of nitrogens with zero attached hydrogens (tertiary/aromatic N) is 1. The van der Waals surface area contributed by atoms with E-state index in [0.29, 0.717) is 12.3 Å². The maximum Gasteiger partial charge on any atom is 0.123 e. The number of hydrogen-bond donors (Lipinski definition) is 0. The Balaban J connectivity index is 2.26. The van der Waals surface area contributed by atoms with Gasteiger partial charge in [-0.3, -0.25) is 0 Å². The summed E-state index contributed by atoms with van der Waals surface area (Å²) in [7, 11) is 2.15. The summed E-state index contributed by atoms with van der Waals surface area (Å²) in [5.74, 6) is 0.670. The lowest BCUT2D eigenvalue weighted by molar-refractivity contribution is -0.107. The maximum absolute atomic E-state index is 10.0. The van der Waals surface area contributed by atoms with Gasteiger partial charge in [-0.1, -0.05) is 12.2 Å². The second-order valence-corrected chi connectivity index (χ2v) is 3.50. The quantitative estimate of drug-likeness (QED) is 0.468. The lowest BCUT2D eigenvalue weighted by atomic mass is 9.98. The highest BCUT2D eigenvalue weighted by Gasteiger charge is 2.13. The van der Waals surface area contributed by atoms with Gasteiger partial charge in [-0.05, 0) is 32.4 Å². The zero-order chi connectivity index (χ0) is 8.81. The predicted molar refractivity (Wildman–Crippen MR) is 50.0 cm³/mol. The summed E-state index contributed by atoms with van der Waals surface area (Å²) in [6, 6.07) is 0. The van der Waals surface area contributed by atoms with Gasteiger partial charge >= 0.3 is 0 Å². The highest BCUT2D eigenvalue weighted by atomic mass is 16.1. The fraction of sp³-hybridized carbons (Fsp3) is 0.700. The third-order valence-electron chi connectivity index (χ3n) is 2.30. The normalized spacial score (nSPS) is 26.2. The summed E-state index contributed by atoms with van der Waals surface area (Å²) < 4.78 is 0. The smallest absolute Gasteiger partial charge is 0.123 e. The molecule has 1 unspecified atom stereocenters. The minimum Gasteiger partial charge on any atom is -0.306 e. The lowest BCUT2D eigenvalue weighted by Crippen LogP contribution is -2.31. The minimum atomic E-state index is 0.570. The molecule has 0 aromatic rings. The zero-order valence-electron chi connectivity index (χ0n) is 7.70. The van der Waals surface area contributed by atoms with Crippen LogP contribution in [0.4, 0.5) is 0 Å². The molecule has 1 atom stereocenters. The van der Waals surface area contributed by atoms with Gasteiger partial charge in [0.15, 0.2) is 0 Å². The first kappa shape index (κ1) is 9.46. The average molecular weight is 167 g/mol. The van der Waals surface area contributed by atoms with Crippen LogP contribution in [0.2, 0.25) is 0 Å². The van der Waals surface area contributed by atoms with E-state index in [1.54, 1.807) is 0 Å². The van der Waals surface area contributed by atoms with Crippen molar-refractivity contribution in [2.45, 2.75) is 19.3 Å². The van der Waals surface area contributed by atoms with E-state index in [1.165, 1.54) is 19.4 Å². The predicted octanol–water partition coefficient (Wildman–Crippen LogP) is 1.47. The van der Waals surface area contributed by atoms with Crippen LogP contribution in [0.5, 0.6) is 0 Å². The monoisotopic (exact) mass is 167 g/mol. The van der Waals surface area contributed by atoms with Crippen LogP contribution in [0.15, 0.2) is 12.2 Å². The fourth-order valence-electron chi connectivity index (χ4n) is 1.69. The van der Waals surface area contributed by atoms with E-state index in [2.05, 4.69) is 18.0 Å². The molecular weight excluding hydrogens is 150 g/mol. The molecule has 12 heavy (non-hydrogen) atoms. The van der Waals surface area contributed by atoms with E-state index < -0.39 is 0 Å². The molecule has 0 amide bonds. The summed E-state index contributed by atoms with van der Waals surface area (Å²) >= 11 is 0. The van der Waals surface area contributed by atoms with Crippen LogP contribution in [0.25, 0.3) is 0 Å². The van der Waals surface area contributed by atoms with Crippen molar-refractivity contribution in [3.05, 3.63) is 12.2 Å². The van der Waals surface area contributed by atoms with Gasteiger partial charge in [0.25, 0.3) is 0 Å². The Hall–Kier alpha value is -0.630. The Bertz CT molecular complexity index is 165. The highest BCUT2D eigenvalue weighted by Crippen LogP contribution is 2.15. The number of likely N-dealkylation sites (tertiary alicyclic amines) is 1. The first-order chi connectivity index (χ1) is 5.83. The van der Waals surface area contributed by atoms with Crippen LogP contribution in [0.3, 0.4) is 0 Å². The van der Waals surface area contributed by atoms with E-state index in [1.807, 2.05) is 6.08 Å². The molecule has 2 nitrogen and oxygen atoms in total. The van der Waals surface area contributed by atoms with Gasteiger partial charge in [-0.15, -0.1) is 0 Å². The molecule has 1 heterocycles. The Labute approximate surface area is 74.2 Å². The number of carbonyl (C=O) groups is 1. The van der Waals surface area contributed by atoms with Gasteiger partial charge < -0.3 is 9.69 Å². The first-order valence-electron chi connectivity index (χ1n) is 4.62. The molecule has 0 saturated carbocycles. The average Bonchev–Trinajstić information content (AvgIpc) is 2.05. The Kier molecular flexibility index (Phi) is 4.01. The second-order valence-electron chi connectivity index (χ2n) is 3.50. The van der Waals surface area contributed by atoms with Crippen LogP contribution in [-0.2, 0) is 4.79 Å². The molecule has 1 rings (SSSR count). The molecule has 1 aliphatic rings. The zero-order valence-corrected chi connectivity index (χ0v) is 7.70. The van der Waals surface area contributed by atoms with E-state index in [-0.39, 0.29) is 0 Å². The van der Waals surface area contributed by atoms with Gasteiger partial charge in [-0.25, -0.2) is 0 Å². The summed E-state index contributed by atoms with van der Waals surface area (Å²) in [5, 5.41) is 0. The Morgan fingerprint density at radius 3 is 3.08 bits per heavy atom. The van der Waals surface area contributed by atoms with Gasteiger partial charge in [0.1, 0.15) is 6.29 Å². The minimum absolute atomic E-state index is 0.570. The summed E-state index contributed by atoms with van der Waals surface area (Å²) in [6.45, 7) is 2.37. The van der Waals surface area contributed by atoms with Crippen LogP contribution in [0.1, 0.15) is 19.3 Å². The van der Waals surface area contributed by atoms with Crippen molar-refractivity contribution in [3.63, 3.8) is 0 Å². The summed E-state index contributed by atoms with van der Waals surface area (Å²) in [4.78, 5) is 12.4. The number of carbonyl (C=O) groups excluding carboxylic acids is 1. The van der Waals surface area contributed by atoms with E-state index in [4.69, 9.17) is 0 Å². The molecular formula is C10H17NO. The van der Waals surface area contributed by atoms with Gasteiger partial charge in [-0.2, -0.15) is 0 Å². The third kappa shape index (κ3) is 3.18.